The molecule has 4 N–H and O–H groups in total. The molecule has 0 unspecified atom stereocenters. The van der Waals surface area contributed by atoms with Crippen molar-refractivity contribution in [2.45, 2.75) is 0 Å². The van der Waals surface area contributed by atoms with Crippen molar-refractivity contribution >= 4 is 17.9 Å². The van der Waals surface area contributed by atoms with E-state index in [0.29, 0.717) is 11.3 Å². The van der Waals surface area contributed by atoms with E-state index in [-0.39, 0.29) is 23.3 Å². The molecule has 2 rings (SSSR count). The van der Waals surface area contributed by atoms with Crippen LogP contribution in [0.25, 0.3) is 0 Å². The third-order valence-electron chi connectivity index (χ3n) is 2.72. The molecule has 1 heterocycles. The highest BCUT2D eigenvalue weighted by molar-refractivity contribution is 5.82. The first-order valence-corrected chi connectivity index (χ1v) is 6.58. The molecule has 10 nitrogen and oxygen atoms in total. The van der Waals surface area contributed by atoms with Gasteiger partial charge in [0.1, 0.15) is 0 Å². The molecule has 0 bridgehead atoms. The van der Waals surface area contributed by atoms with Gasteiger partial charge in [0.05, 0.1) is 18.2 Å². The van der Waals surface area contributed by atoms with Crippen LogP contribution in [0.2, 0.25) is 0 Å². The second-order valence-corrected chi connectivity index (χ2v) is 4.37. The van der Waals surface area contributed by atoms with Crippen molar-refractivity contribution in [1.29, 1.82) is 0 Å². The molecule has 0 saturated heterocycles. The van der Waals surface area contributed by atoms with Crippen LogP contribution in [0.15, 0.2) is 46.7 Å². The summed E-state index contributed by atoms with van der Waals surface area (Å²) in [5.41, 5.74) is 10.7. The number of aromatic nitrogens is 1. The molecule has 0 atom stereocenters. The number of rotatable bonds is 6. The normalized spacial score (nSPS) is 10.4. The highest BCUT2D eigenvalue weighted by Gasteiger charge is 2.18. The van der Waals surface area contributed by atoms with Gasteiger partial charge in [0.25, 0.3) is 5.88 Å². The molecule has 0 amide bonds. The SMILES string of the molecule is COc1cc(C=NN=C(N)N)ccc1Oc1ncccc1[N+](=O)[O-]. The van der Waals surface area contributed by atoms with Crippen LogP contribution < -0.4 is 20.9 Å². The molecule has 0 aliphatic carbocycles. The van der Waals surface area contributed by atoms with Crippen molar-refractivity contribution < 1.29 is 14.4 Å². The summed E-state index contributed by atoms with van der Waals surface area (Å²) in [6.07, 6.45) is 2.81. The minimum atomic E-state index is -0.578. The zero-order chi connectivity index (χ0) is 17.5. The zero-order valence-electron chi connectivity index (χ0n) is 12.6. The van der Waals surface area contributed by atoms with E-state index in [2.05, 4.69) is 15.2 Å². The van der Waals surface area contributed by atoms with E-state index >= 15 is 0 Å². The number of nitrogens with two attached hydrogens (primary N) is 2. The number of nitrogens with zero attached hydrogens (tertiary/aromatic N) is 4. The fourth-order valence-corrected chi connectivity index (χ4v) is 1.72. The lowest BCUT2D eigenvalue weighted by Gasteiger charge is -2.10. The van der Waals surface area contributed by atoms with E-state index in [4.69, 9.17) is 20.9 Å². The summed E-state index contributed by atoms with van der Waals surface area (Å²) >= 11 is 0. The van der Waals surface area contributed by atoms with Gasteiger partial charge in [-0.3, -0.25) is 10.1 Å². The van der Waals surface area contributed by atoms with Crippen LogP contribution in [-0.4, -0.2) is 29.2 Å². The highest BCUT2D eigenvalue weighted by Crippen LogP contribution is 2.34. The van der Waals surface area contributed by atoms with Gasteiger partial charge in [-0.15, -0.1) is 5.10 Å². The fourth-order valence-electron chi connectivity index (χ4n) is 1.72. The third-order valence-corrected chi connectivity index (χ3v) is 2.72. The molecule has 124 valence electrons. The second-order valence-electron chi connectivity index (χ2n) is 4.37. The Morgan fingerprint density at radius 2 is 2.12 bits per heavy atom. The average Bonchev–Trinajstić information content (AvgIpc) is 2.56. The van der Waals surface area contributed by atoms with Gasteiger partial charge < -0.3 is 20.9 Å². The number of hydrogen-bond donors (Lipinski definition) is 2. The van der Waals surface area contributed by atoms with E-state index in [0.717, 1.165) is 0 Å². The standard InChI is InChI=1S/C14H14N6O4/c1-23-12-7-9(8-18-19-14(15)16)4-5-11(12)24-13-10(20(21)22)3-2-6-17-13/h2-8H,1H3,(H4,15,16,19). The van der Waals surface area contributed by atoms with Crippen LogP contribution in [0.1, 0.15) is 5.56 Å². The molecule has 0 spiro atoms. The Hall–Kier alpha value is -3.69. The zero-order valence-corrected chi connectivity index (χ0v) is 12.6. The molecule has 0 saturated carbocycles. The van der Waals surface area contributed by atoms with Crippen molar-refractivity contribution in [3.63, 3.8) is 0 Å². The molecule has 10 heteroatoms. The summed E-state index contributed by atoms with van der Waals surface area (Å²) in [4.78, 5) is 14.3. The number of benzene rings is 1. The van der Waals surface area contributed by atoms with Gasteiger partial charge in [-0.2, -0.15) is 5.10 Å². The first-order valence-electron chi connectivity index (χ1n) is 6.58. The second kappa shape index (κ2) is 7.54. The van der Waals surface area contributed by atoms with Crippen LogP contribution in [0.3, 0.4) is 0 Å². The van der Waals surface area contributed by atoms with Gasteiger partial charge in [0.15, 0.2) is 11.5 Å². The van der Waals surface area contributed by atoms with E-state index in [1.807, 2.05) is 0 Å². The third kappa shape index (κ3) is 4.16. The molecular weight excluding hydrogens is 316 g/mol. The predicted molar refractivity (Wildman–Crippen MR) is 87.4 cm³/mol. The number of hydrogen-bond acceptors (Lipinski definition) is 7. The number of nitro groups is 1. The molecule has 1 aromatic carbocycles. The van der Waals surface area contributed by atoms with Crippen LogP contribution in [0, 0.1) is 10.1 Å². The lowest BCUT2D eigenvalue weighted by molar-refractivity contribution is -0.386. The van der Waals surface area contributed by atoms with Crippen molar-refractivity contribution in [3.05, 3.63) is 52.2 Å². The number of methoxy groups -OCH3 is 1. The topological polar surface area (TPSA) is 151 Å². The monoisotopic (exact) mass is 330 g/mol. The van der Waals surface area contributed by atoms with Gasteiger partial charge in [-0.25, -0.2) is 4.98 Å². The number of ether oxygens (including phenoxy) is 2. The van der Waals surface area contributed by atoms with Crippen molar-refractivity contribution in [2.24, 2.45) is 21.7 Å². The summed E-state index contributed by atoms with van der Waals surface area (Å²) in [7, 11) is 1.44. The van der Waals surface area contributed by atoms with Crippen LogP contribution in [0.4, 0.5) is 5.69 Å². The molecule has 0 aliphatic heterocycles. The predicted octanol–water partition coefficient (Wildman–Crippen LogP) is 1.40. The molecule has 2 aromatic rings. The molecule has 24 heavy (non-hydrogen) atoms. The van der Waals surface area contributed by atoms with Gasteiger partial charge in [-0.1, -0.05) is 0 Å². The number of pyridine rings is 1. The Kier molecular flexibility index (Phi) is 5.24. The number of guanidine groups is 1. The fraction of sp³-hybridized carbons (Fsp3) is 0.0714. The maximum Gasteiger partial charge on any atom is 0.331 e. The Balaban J connectivity index is 2.30. The first-order chi connectivity index (χ1) is 11.5. The minimum Gasteiger partial charge on any atom is -0.493 e. The maximum absolute atomic E-state index is 11.0. The maximum atomic E-state index is 11.0. The molecule has 0 aliphatic rings. The first kappa shape index (κ1) is 16.7. The average molecular weight is 330 g/mol. The lowest BCUT2D eigenvalue weighted by atomic mass is 10.2. The minimum absolute atomic E-state index is 0.136. The van der Waals surface area contributed by atoms with E-state index in [1.54, 1.807) is 18.2 Å². The molecule has 1 aromatic heterocycles. The van der Waals surface area contributed by atoms with E-state index < -0.39 is 4.92 Å². The smallest absolute Gasteiger partial charge is 0.331 e. The Bertz CT molecular complexity index is 802. The summed E-state index contributed by atoms with van der Waals surface area (Å²) < 4.78 is 10.7. The molecule has 0 fully saturated rings. The van der Waals surface area contributed by atoms with Crippen molar-refractivity contribution in [3.8, 4) is 17.4 Å². The largest absolute Gasteiger partial charge is 0.493 e. The van der Waals surface area contributed by atoms with Gasteiger partial charge in [-0.05, 0) is 29.8 Å². The van der Waals surface area contributed by atoms with Gasteiger partial charge >= 0.3 is 5.69 Å². The van der Waals surface area contributed by atoms with Crippen LogP contribution >= 0.6 is 0 Å². The quantitative estimate of drug-likeness (QED) is 0.351. The molecule has 0 radical (unpaired) electrons. The summed E-state index contributed by atoms with van der Waals surface area (Å²) in [6, 6.07) is 7.57. The lowest BCUT2D eigenvalue weighted by Crippen LogP contribution is -2.21. The van der Waals surface area contributed by atoms with E-state index in [9.17, 15) is 10.1 Å². The van der Waals surface area contributed by atoms with Gasteiger partial charge in [0, 0.05) is 12.3 Å². The Morgan fingerprint density at radius 3 is 2.79 bits per heavy atom. The van der Waals surface area contributed by atoms with Crippen LogP contribution in [0.5, 0.6) is 17.4 Å². The highest BCUT2D eigenvalue weighted by atomic mass is 16.6. The Labute approximate surface area is 136 Å². The van der Waals surface area contributed by atoms with Crippen molar-refractivity contribution in [1.82, 2.24) is 4.98 Å². The summed E-state index contributed by atoms with van der Waals surface area (Å²) in [5, 5.41) is 18.2. The van der Waals surface area contributed by atoms with E-state index in [1.165, 1.54) is 31.7 Å². The van der Waals surface area contributed by atoms with Gasteiger partial charge in [0.2, 0.25) is 5.96 Å². The Morgan fingerprint density at radius 1 is 1.33 bits per heavy atom. The van der Waals surface area contributed by atoms with Crippen LogP contribution in [-0.2, 0) is 0 Å². The molecular formula is C14H14N6O4. The summed E-state index contributed by atoms with van der Waals surface area (Å²) in [6.45, 7) is 0. The summed E-state index contributed by atoms with van der Waals surface area (Å²) in [5.74, 6) is 0.297. The van der Waals surface area contributed by atoms with Crippen molar-refractivity contribution in [2.75, 3.05) is 7.11 Å².